The summed E-state index contributed by atoms with van der Waals surface area (Å²) in [5, 5.41) is 5.09. The zero-order chi connectivity index (χ0) is 19.8. The average molecular weight is 487 g/mol. The number of benzene rings is 2. The molecule has 0 saturated carbocycles. The summed E-state index contributed by atoms with van der Waals surface area (Å²) < 4.78 is 28.7. The first kappa shape index (κ1) is 20.5. The summed E-state index contributed by atoms with van der Waals surface area (Å²) in [7, 11) is -4.07. The van der Waals surface area contributed by atoms with Crippen LogP contribution in [0.2, 0.25) is 25.1 Å². The number of hydrogen-bond donors (Lipinski definition) is 1. The van der Waals surface area contributed by atoms with Gasteiger partial charge in [0.15, 0.2) is 0 Å². The number of aromatic nitrogens is 3. The molecular weight excluding hydrogens is 478 g/mol. The van der Waals surface area contributed by atoms with E-state index in [0.717, 1.165) is 6.07 Å². The Morgan fingerprint density at radius 2 is 1.56 bits per heavy atom. The van der Waals surface area contributed by atoms with Gasteiger partial charge < -0.3 is 0 Å². The maximum absolute atomic E-state index is 12.5. The van der Waals surface area contributed by atoms with E-state index in [1.54, 1.807) is 18.2 Å². The van der Waals surface area contributed by atoms with E-state index >= 15 is 0 Å². The van der Waals surface area contributed by atoms with Gasteiger partial charge in [-0.3, -0.25) is 0 Å². The predicted molar refractivity (Wildman–Crippen MR) is 108 cm³/mol. The molecule has 6 nitrogen and oxygen atoms in total. The highest BCUT2D eigenvalue weighted by atomic mass is 35.5. The topological polar surface area (TPSA) is 76.9 Å². The number of halogens is 5. The molecule has 0 spiro atoms. The number of rotatable bonds is 5. The molecule has 0 atom stereocenters. The van der Waals surface area contributed by atoms with Gasteiger partial charge >= 0.3 is 0 Å². The van der Waals surface area contributed by atoms with E-state index in [4.69, 9.17) is 58.0 Å². The van der Waals surface area contributed by atoms with Crippen LogP contribution in [-0.4, -0.2) is 23.2 Å². The highest BCUT2D eigenvalue weighted by Crippen LogP contribution is 2.32. The summed E-state index contributed by atoms with van der Waals surface area (Å²) in [4.78, 5) is 3.68. The van der Waals surface area contributed by atoms with E-state index in [1.807, 2.05) is 0 Å². The van der Waals surface area contributed by atoms with Gasteiger partial charge in [0.2, 0.25) is 0 Å². The van der Waals surface area contributed by atoms with E-state index in [9.17, 15) is 8.42 Å². The summed E-state index contributed by atoms with van der Waals surface area (Å²) in [5.41, 5.74) is 0.632. The minimum Gasteiger partial charge on any atom is -0.246 e. The smallest absolute Gasteiger partial charge is 0.246 e. The predicted octanol–water partition coefficient (Wildman–Crippen LogP) is 5.39. The number of nitrogens with one attached hydrogen (secondary N) is 1. The Bertz CT molecular complexity index is 1100. The molecule has 0 aliphatic rings. The molecule has 0 fully saturated rings. The Kier molecular flexibility index (Phi) is 6.10. The lowest BCUT2D eigenvalue weighted by atomic mass is 10.2. The van der Waals surface area contributed by atoms with Crippen LogP contribution >= 0.6 is 58.0 Å². The van der Waals surface area contributed by atoms with Gasteiger partial charge in [-0.25, -0.2) is 17.8 Å². The Balaban J connectivity index is 1.84. The maximum atomic E-state index is 12.5. The Morgan fingerprint density at radius 1 is 0.926 bits per heavy atom. The summed E-state index contributed by atoms with van der Waals surface area (Å²) in [6.45, 7) is 0.209. The van der Waals surface area contributed by atoms with Crippen LogP contribution in [0, 0.1) is 0 Å². The Morgan fingerprint density at radius 3 is 2.22 bits per heavy atom. The third-order valence-corrected chi connectivity index (χ3v) is 6.63. The molecule has 142 valence electrons. The normalized spacial score (nSPS) is 11.6. The van der Waals surface area contributed by atoms with E-state index < -0.39 is 10.0 Å². The van der Waals surface area contributed by atoms with Crippen molar-refractivity contribution in [3.63, 3.8) is 0 Å². The van der Waals surface area contributed by atoms with E-state index in [1.165, 1.54) is 17.1 Å². The minimum atomic E-state index is -4.07. The van der Waals surface area contributed by atoms with E-state index in [0.29, 0.717) is 15.6 Å². The molecule has 2 aromatic carbocycles. The molecule has 0 aliphatic carbocycles. The van der Waals surface area contributed by atoms with Gasteiger partial charge in [-0.05, 0) is 24.3 Å². The third kappa shape index (κ3) is 4.62. The summed E-state index contributed by atoms with van der Waals surface area (Å²) in [6, 6.07) is 7.49. The highest BCUT2D eigenvalue weighted by Gasteiger charge is 2.22. The Hall–Kier alpha value is -1.22. The van der Waals surface area contributed by atoms with Gasteiger partial charge in [0.25, 0.3) is 16.0 Å². The first-order valence-corrected chi connectivity index (χ1v) is 10.5. The molecule has 0 aliphatic heterocycles. The lowest BCUT2D eigenvalue weighted by molar-refractivity contribution is 0.600. The van der Waals surface area contributed by atoms with Gasteiger partial charge in [0.05, 0.1) is 21.6 Å². The van der Waals surface area contributed by atoms with Crippen molar-refractivity contribution in [1.29, 1.82) is 0 Å². The van der Waals surface area contributed by atoms with Gasteiger partial charge in [-0.1, -0.05) is 64.1 Å². The van der Waals surface area contributed by atoms with Crippen LogP contribution in [0.1, 0.15) is 5.56 Å². The van der Waals surface area contributed by atoms with Crippen molar-refractivity contribution >= 4 is 74.0 Å². The van der Waals surface area contributed by atoms with Crippen molar-refractivity contribution in [2.24, 2.45) is 0 Å². The number of sulfonamides is 1. The molecule has 1 N–H and O–H groups in total. The van der Waals surface area contributed by atoms with Crippen molar-refractivity contribution in [3.8, 4) is 0 Å². The van der Waals surface area contributed by atoms with Crippen LogP contribution < -0.4 is 4.72 Å². The second-order valence-electron chi connectivity index (χ2n) is 5.27. The average Bonchev–Trinajstić information content (AvgIpc) is 3.00. The molecule has 3 rings (SSSR count). The number of nitrogens with zero attached hydrogens (tertiary/aromatic N) is 3. The standard InChI is InChI=1S/C15H9Cl5N4O2S/c16-9-2-1-3-10(17)8(9)6-24-7-21-15(22-24)23-27(25,26)14-5-12(19)11(18)4-13(14)20/h1-5,7H,6H2,(H,22,23). The maximum Gasteiger partial charge on any atom is 0.265 e. The van der Waals surface area contributed by atoms with Crippen molar-refractivity contribution in [2.75, 3.05) is 4.72 Å². The van der Waals surface area contributed by atoms with Gasteiger partial charge in [-0.15, -0.1) is 5.10 Å². The van der Waals surface area contributed by atoms with Gasteiger partial charge in [0.1, 0.15) is 11.2 Å². The van der Waals surface area contributed by atoms with Crippen LogP contribution in [0.3, 0.4) is 0 Å². The molecule has 27 heavy (non-hydrogen) atoms. The largest absolute Gasteiger partial charge is 0.265 e. The van der Waals surface area contributed by atoms with Crippen LogP contribution in [0.5, 0.6) is 0 Å². The van der Waals surface area contributed by atoms with Crippen LogP contribution in [0.25, 0.3) is 0 Å². The number of anilines is 1. The zero-order valence-electron chi connectivity index (χ0n) is 13.1. The molecule has 3 aromatic rings. The van der Waals surface area contributed by atoms with E-state index in [2.05, 4.69) is 14.8 Å². The fourth-order valence-electron chi connectivity index (χ4n) is 2.15. The minimum absolute atomic E-state index is 0.0493. The summed E-state index contributed by atoms with van der Waals surface area (Å²) in [6.07, 6.45) is 1.34. The summed E-state index contributed by atoms with van der Waals surface area (Å²) >= 11 is 29.9. The second-order valence-corrected chi connectivity index (χ2v) is 8.96. The van der Waals surface area contributed by atoms with Crippen LogP contribution in [0.4, 0.5) is 5.95 Å². The molecule has 12 heteroatoms. The molecule has 0 unspecified atom stereocenters. The van der Waals surface area contributed by atoms with Crippen LogP contribution in [-0.2, 0) is 16.6 Å². The van der Waals surface area contributed by atoms with E-state index in [-0.39, 0.29) is 32.5 Å². The van der Waals surface area contributed by atoms with Crippen molar-refractivity contribution in [3.05, 3.63) is 67.3 Å². The van der Waals surface area contributed by atoms with Gasteiger partial charge in [0, 0.05) is 15.6 Å². The summed E-state index contributed by atoms with van der Waals surface area (Å²) in [5.74, 6) is -0.152. The fourth-order valence-corrected chi connectivity index (χ4v) is 4.61. The van der Waals surface area contributed by atoms with Gasteiger partial charge in [-0.2, -0.15) is 4.98 Å². The molecule has 1 aromatic heterocycles. The molecule has 1 heterocycles. The SMILES string of the molecule is O=S(=O)(Nc1ncn(Cc2c(Cl)cccc2Cl)n1)c1cc(Cl)c(Cl)cc1Cl. The molecule has 0 amide bonds. The zero-order valence-corrected chi connectivity index (χ0v) is 17.7. The third-order valence-electron chi connectivity index (χ3n) is 3.41. The molecule has 0 saturated heterocycles. The first-order valence-electron chi connectivity index (χ1n) is 7.17. The molecular formula is C15H9Cl5N4O2S. The van der Waals surface area contributed by atoms with Crippen molar-refractivity contribution in [2.45, 2.75) is 11.4 Å². The second kappa shape index (κ2) is 8.03. The lowest BCUT2D eigenvalue weighted by Crippen LogP contribution is -2.15. The molecule has 0 bridgehead atoms. The first-order chi connectivity index (χ1) is 12.7. The Labute approximate surface area is 180 Å². The highest BCUT2D eigenvalue weighted by molar-refractivity contribution is 7.92. The monoisotopic (exact) mass is 484 g/mol. The quantitative estimate of drug-likeness (QED) is 0.490. The van der Waals surface area contributed by atoms with Crippen LogP contribution in [0.15, 0.2) is 41.6 Å². The van der Waals surface area contributed by atoms with Crippen molar-refractivity contribution < 1.29 is 8.42 Å². The fraction of sp³-hybridized carbons (Fsp3) is 0.0667. The lowest BCUT2D eigenvalue weighted by Gasteiger charge is -2.08. The molecule has 0 radical (unpaired) electrons. The number of hydrogen-bond acceptors (Lipinski definition) is 4. The van der Waals surface area contributed by atoms with Crippen molar-refractivity contribution in [1.82, 2.24) is 14.8 Å².